The number of benzene rings is 2. The molecule has 0 atom stereocenters. The van der Waals surface area contributed by atoms with Crippen molar-refractivity contribution in [1.29, 1.82) is 0 Å². The van der Waals surface area contributed by atoms with Crippen LogP contribution in [0.15, 0.2) is 62.2 Å². The summed E-state index contributed by atoms with van der Waals surface area (Å²) in [5.41, 5.74) is 1.19. The number of fused-ring (bicyclic) bond motifs is 1. The van der Waals surface area contributed by atoms with E-state index in [1.807, 2.05) is 0 Å². The van der Waals surface area contributed by atoms with Gasteiger partial charge in [-0.15, -0.1) is 5.10 Å². The maximum atomic E-state index is 13.1. The third kappa shape index (κ3) is 3.20. The van der Waals surface area contributed by atoms with E-state index in [-0.39, 0.29) is 30.4 Å². The normalized spacial score (nSPS) is 11.1. The Morgan fingerprint density at radius 1 is 1.14 bits per heavy atom. The Morgan fingerprint density at radius 2 is 1.89 bits per heavy atom. The van der Waals surface area contributed by atoms with Crippen LogP contribution in [0.4, 0.5) is 4.39 Å². The molecule has 0 spiro atoms. The van der Waals surface area contributed by atoms with Crippen LogP contribution in [0.3, 0.4) is 0 Å². The van der Waals surface area contributed by atoms with Crippen LogP contribution in [0.1, 0.15) is 23.0 Å². The third-order valence-corrected chi connectivity index (χ3v) is 4.14. The van der Waals surface area contributed by atoms with Gasteiger partial charge in [0.05, 0.1) is 6.61 Å². The number of furan rings is 1. The quantitative estimate of drug-likeness (QED) is 0.490. The molecule has 0 N–H and O–H groups in total. The zero-order valence-electron chi connectivity index (χ0n) is 14.8. The standard InChI is InChI=1S/C20H15FN2O5/c1-2-26-19(24)17-14-5-3-4-6-15(14)27-16(17)11-23-20(25)28-18(22-23)12-7-9-13(21)10-8-12/h3-10H,2,11H2,1H3. The average molecular weight is 382 g/mol. The molecule has 4 aromatic rings. The van der Waals surface area contributed by atoms with Crippen LogP contribution in [-0.4, -0.2) is 22.4 Å². The lowest BCUT2D eigenvalue weighted by Crippen LogP contribution is -2.18. The first-order chi connectivity index (χ1) is 13.6. The second-order valence-corrected chi connectivity index (χ2v) is 5.95. The average Bonchev–Trinajstić information content (AvgIpc) is 3.23. The first kappa shape index (κ1) is 17.7. The van der Waals surface area contributed by atoms with Gasteiger partial charge in [0.25, 0.3) is 0 Å². The van der Waals surface area contributed by atoms with Crippen molar-refractivity contribution in [2.75, 3.05) is 6.61 Å². The number of esters is 1. The minimum Gasteiger partial charge on any atom is -0.462 e. The van der Waals surface area contributed by atoms with E-state index in [0.29, 0.717) is 16.5 Å². The number of hydrogen-bond donors (Lipinski definition) is 0. The Labute approximate surface area is 157 Å². The molecule has 2 aromatic heterocycles. The molecule has 0 aliphatic carbocycles. The van der Waals surface area contributed by atoms with Crippen LogP contribution in [0, 0.1) is 5.82 Å². The van der Waals surface area contributed by atoms with Gasteiger partial charge < -0.3 is 13.6 Å². The van der Waals surface area contributed by atoms with Crippen LogP contribution in [0.5, 0.6) is 0 Å². The molecule has 0 aliphatic heterocycles. The Hall–Kier alpha value is -3.68. The smallest absolute Gasteiger partial charge is 0.437 e. The summed E-state index contributed by atoms with van der Waals surface area (Å²) in [4.78, 5) is 24.6. The fraction of sp³-hybridized carbons (Fsp3) is 0.150. The molecule has 0 bridgehead atoms. The van der Waals surface area contributed by atoms with Crippen LogP contribution < -0.4 is 5.76 Å². The number of rotatable bonds is 5. The highest BCUT2D eigenvalue weighted by molar-refractivity contribution is 6.04. The van der Waals surface area contributed by atoms with E-state index in [4.69, 9.17) is 13.6 Å². The Bertz CT molecular complexity index is 1200. The van der Waals surface area contributed by atoms with Gasteiger partial charge in [-0.1, -0.05) is 18.2 Å². The van der Waals surface area contributed by atoms with Gasteiger partial charge in [0.15, 0.2) is 0 Å². The van der Waals surface area contributed by atoms with Gasteiger partial charge in [0.1, 0.15) is 29.3 Å². The van der Waals surface area contributed by atoms with Gasteiger partial charge in [0.2, 0.25) is 5.89 Å². The zero-order chi connectivity index (χ0) is 19.7. The van der Waals surface area contributed by atoms with Crippen LogP contribution in [0.25, 0.3) is 22.4 Å². The van der Waals surface area contributed by atoms with E-state index >= 15 is 0 Å². The largest absolute Gasteiger partial charge is 0.462 e. The maximum absolute atomic E-state index is 13.1. The fourth-order valence-corrected chi connectivity index (χ4v) is 2.89. The van der Waals surface area contributed by atoms with Crippen molar-refractivity contribution in [3.05, 3.63) is 76.2 Å². The van der Waals surface area contributed by atoms with Crippen molar-refractivity contribution in [1.82, 2.24) is 9.78 Å². The van der Waals surface area contributed by atoms with Gasteiger partial charge in [-0.25, -0.2) is 14.0 Å². The summed E-state index contributed by atoms with van der Waals surface area (Å²) in [6.07, 6.45) is 0. The summed E-state index contributed by atoms with van der Waals surface area (Å²) in [6.45, 7) is 1.79. The van der Waals surface area contributed by atoms with Crippen LogP contribution in [0.2, 0.25) is 0 Å². The predicted molar refractivity (Wildman–Crippen MR) is 97.4 cm³/mol. The topological polar surface area (TPSA) is 87.5 Å². The van der Waals surface area contributed by atoms with Gasteiger partial charge >= 0.3 is 11.7 Å². The molecule has 0 fully saturated rings. The minimum absolute atomic E-state index is 0.0406. The SMILES string of the molecule is CCOC(=O)c1c(Cn2nc(-c3ccc(F)cc3)oc2=O)oc2ccccc12. The molecule has 7 nitrogen and oxygen atoms in total. The van der Waals surface area contributed by atoms with E-state index in [1.54, 1.807) is 31.2 Å². The number of para-hydroxylation sites is 1. The highest BCUT2D eigenvalue weighted by Crippen LogP contribution is 2.27. The summed E-state index contributed by atoms with van der Waals surface area (Å²) in [7, 11) is 0. The second-order valence-electron chi connectivity index (χ2n) is 5.95. The molecular formula is C20H15FN2O5. The number of carbonyl (C=O) groups excluding carboxylic acids is 1. The van der Waals surface area contributed by atoms with E-state index < -0.39 is 17.5 Å². The number of nitrogens with zero attached hydrogens (tertiary/aromatic N) is 2. The fourth-order valence-electron chi connectivity index (χ4n) is 2.89. The summed E-state index contributed by atoms with van der Waals surface area (Å²) in [5.74, 6) is -1.40. The van der Waals surface area contributed by atoms with Gasteiger partial charge in [0, 0.05) is 10.9 Å². The molecule has 0 saturated carbocycles. The number of hydrogen-bond acceptors (Lipinski definition) is 6. The van der Waals surface area contributed by atoms with Crippen molar-refractivity contribution < 1.29 is 22.8 Å². The number of ether oxygens (including phenoxy) is 1. The van der Waals surface area contributed by atoms with Crippen molar-refractivity contribution in [3.63, 3.8) is 0 Å². The van der Waals surface area contributed by atoms with Crippen LogP contribution in [-0.2, 0) is 11.3 Å². The summed E-state index contributed by atoms with van der Waals surface area (Å²) >= 11 is 0. The van der Waals surface area contributed by atoms with Crippen molar-refractivity contribution in [2.24, 2.45) is 0 Å². The maximum Gasteiger partial charge on any atom is 0.437 e. The van der Waals surface area contributed by atoms with Gasteiger partial charge in [-0.3, -0.25) is 0 Å². The first-order valence-corrected chi connectivity index (χ1v) is 8.58. The molecular weight excluding hydrogens is 367 g/mol. The predicted octanol–water partition coefficient (Wildman–Crippen LogP) is 3.61. The lowest BCUT2D eigenvalue weighted by atomic mass is 10.1. The second kappa shape index (κ2) is 7.15. The molecule has 0 radical (unpaired) electrons. The highest BCUT2D eigenvalue weighted by Gasteiger charge is 2.23. The molecule has 8 heteroatoms. The van der Waals surface area contributed by atoms with Crippen molar-refractivity contribution in [3.8, 4) is 11.5 Å². The van der Waals surface area contributed by atoms with Gasteiger partial charge in [-0.05, 0) is 37.3 Å². The molecule has 0 saturated heterocycles. The van der Waals surface area contributed by atoms with E-state index in [2.05, 4.69) is 5.10 Å². The molecule has 142 valence electrons. The summed E-state index contributed by atoms with van der Waals surface area (Å²) in [5, 5.41) is 4.71. The molecule has 0 aliphatic rings. The molecule has 0 amide bonds. The van der Waals surface area contributed by atoms with E-state index in [9.17, 15) is 14.0 Å². The zero-order valence-corrected chi connectivity index (χ0v) is 14.8. The van der Waals surface area contributed by atoms with E-state index in [1.165, 1.54) is 24.3 Å². The lowest BCUT2D eigenvalue weighted by molar-refractivity contribution is 0.0525. The highest BCUT2D eigenvalue weighted by atomic mass is 19.1. The molecule has 2 heterocycles. The van der Waals surface area contributed by atoms with Crippen molar-refractivity contribution in [2.45, 2.75) is 13.5 Å². The number of aromatic nitrogens is 2. The Morgan fingerprint density at radius 3 is 2.64 bits per heavy atom. The third-order valence-electron chi connectivity index (χ3n) is 4.14. The van der Waals surface area contributed by atoms with Crippen molar-refractivity contribution >= 4 is 16.9 Å². The minimum atomic E-state index is -0.727. The summed E-state index contributed by atoms with van der Waals surface area (Å²) < 4.78 is 30.2. The van der Waals surface area contributed by atoms with Gasteiger partial charge in [-0.2, -0.15) is 4.68 Å². The molecule has 4 rings (SSSR count). The number of halogens is 1. The molecule has 2 aromatic carbocycles. The number of carbonyl (C=O) groups is 1. The Balaban J connectivity index is 1.74. The van der Waals surface area contributed by atoms with Crippen LogP contribution >= 0.6 is 0 Å². The summed E-state index contributed by atoms with van der Waals surface area (Å²) in [6, 6.07) is 12.4. The Kier molecular flexibility index (Phi) is 4.52. The molecule has 0 unspecified atom stereocenters. The monoisotopic (exact) mass is 382 g/mol. The van der Waals surface area contributed by atoms with E-state index in [0.717, 1.165) is 4.68 Å². The lowest BCUT2D eigenvalue weighted by Gasteiger charge is -2.02. The first-order valence-electron chi connectivity index (χ1n) is 8.58. The molecule has 28 heavy (non-hydrogen) atoms.